The van der Waals surface area contributed by atoms with E-state index in [-0.39, 0.29) is 30.0 Å². The fourth-order valence-electron chi connectivity index (χ4n) is 5.21. The van der Waals surface area contributed by atoms with Gasteiger partial charge in [0, 0.05) is 55.2 Å². The first-order valence-electron chi connectivity index (χ1n) is 11.9. The Hall–Kier alpha value is -4.14. The number of methoxy groups -OCH3 is 1. The van der Waals surface area contributed by atoms with Crippen molar-refractivity contribution < 1.29 is 18.8 Å². The predicted molar refractivity (Wildman–Crippen MR) is 135 cm³/mol. The van der Waals surface area contributed by atoms with E-state index in [1.54, 1.807) is 37.4 Å². The molecule has 9 heteroatoms. The van der Waals surface area contributed by atoms with Crippen LogP contribution in [-0.4, -0.2) is 43.6 Å². The van der Waals surface area contributed by atoms with Gasteiger partial charge in [-0.2, -0.15) is 0 Å². The number of carbonyl (C=O) groups excluding carboxylic acids is 1. The Morgan fingerprint density at radius 1 is 1.14 bits per heavy atom. The molecule has 1 saturated heterocycles. The average molecular weight is 491 g/mol. The van der Waals surface area contributed by atoms with E-state index < -0.39 is 10.8 Å². The maximum Gasteiger partial charge on any atom is 0.269 e. The van der Waals surface area contributed by atoms with Crippen molar-refractivity contribution in [3.63, 3.8) is 0 Å². The van der Waals surface area contributed by atoms with Gasteiger partial charge in [0.05, 0.1) is 24.0 Å². The third-order valence-electron chi connectivity index (χ3n) is 7.09. The van der Waals surface area contributed by atoms with E-state index in [2.05, 4.69) is 15.1 Å². The predicted octanol–water partition coefficient (Wildman–Crippen LogP) is 3.93. The number of nitrogens with one attached hydrogen (secondary N) is 1. The van der Waals surface area contributed by atoms with Gasteiger partial charge in [0.25, 0.3) is 5.69 Å². The van der Waals surface area contributed by atoms with Gasteiger partial charge < -0.3 is 19.9 Å². The maximum atomic E-state index is 14.1. The van der Waals surface area contributed by atoms with Crippen LogP contribution in [-0.2, 0) is 17.8 Å². The molecular weight excluding hydrogens is 463 g/mol. The molecule has 36 heavy (non-hydrogen) atoms. The number of halogens is 1. The third-order valence-corrected chi connectivity index (χ3v) is 7.09. The summed E-state index contributed by atoms with van der Waals surface area (Å²) in [5.41, 5.74) is 3.17. The molecule has 2 heterocycles. The zero-order chi connectivity index (χ0) is 25.2. The number of benzene rings is 3. The summed E-state index contributed by atoms with van der Waals surface area (Å²) in [6.45, 7) is 2.10. The molecule has 1 N–H and O–H groups in total. The molecular formula is C27H27FN4O4. The van der Waals surface area contributed by atoms with E-state index in [0.29, 0.717) is 25.1 Å². The molecule has 2 aliphatic rings. The Morgan fingerprint density at radius 2 is 1.92 bits per heavy atom. The Labute approximate surface area is 208 Å². The molecule has 186 valence electrons. The van der Waals surface area contributed by atoms with Crippen LogP contribution in [0.3, 0.4) is 0 Å². The highest BCUT2D eigenvalue weighted by atomic mass is 19.1. The minimum atomic E-state index is -0.452. The lowest BCUT2D eigenvalue weighted by Crippen LogP contribution is -2.61. The summed E-state index contributed by atoms with van der Waals surface area (Å²) in [5, 5.41) is 14.3. The lowest BCUT2D eigenvalue weighted by Gasteiger charge is -2.49. The van der Waals surface area contributed by atoms with Gasteiger partial charge in [0.1, 0.15) is 11.6 Å². The largest absolute Gasteiger partial charge is 0.497 e. The van der Waals surface area contributed by atoms with Gasteiger partial charge in [-0.15, -0.1) is 0 Å². The number of hydrogen-bond acceptors (Lipinski definition) is 6. The minimum absolute atomic E-state index is 0.00887. The summed E-state index contributed by atoms with van der Waals surface area (Å²) in [6, 6.07) is 18.9. The summed E-state index contributed by atoms with van der Waals surface area (Å²) in [6.07, 6.45) is 0.373. The number of anilines is 2. The number of hydrogen-bond donors (Lipinski definition) is 1. The first-order valence-corrected chi connectivity index (χ1v) is 11.9. The van der Waals surface area contributed by atoms with Gasteiger partial charge in [-0.05, 0) is 48.4 Å². The van der Waals surface area contributed by atoms with Gasteiger partial charge in [-0.1, -0.05) is 18.2 Å². The maximum absolute atomic E-state index is 14.1. The second-order valence-electron chi connectivity index (χ2n) is 9.09. The fourth-order valence-corrected chi connectivity index (χ4v) is 5.21. The van der Waals surface area contributed by atoms with Gasteiger partial charge in [0.2, 0.25) is 5.91 Å². The van der Waals surface area contributed by atoms with Crippen molar-refractivity contribution in [2.45, 2.75) is 19.0 Å². The molecule has 0 radical (unpaired) electrons. The number of nitrogens with zero attached hydrogens (tertiary/aromatic N) is 3. The third kappa shape index (κ3) is 4.56. The Kier molecular flexibility index (Phi) is 6.45. The van der Waals surface area contributed by atoms with Crippen LogP contribution in [0.1, 0.15) is 11.1 Å². The van der Waals surface area contributed by atoms with Crippen LogP contribution in [0.15, 0.2) is 66.7 Å². The van der Waals surface area contributed by atoms with E-state index in [4.69, 9.17) is 4.74 Å². The first-order chi connectivity index (χ1) is 17.4. The molecule has 0 aromatic heterocycles. The van der Waals surface area contributed by atoms with Crippen molar-refractivity contribution in [1.29, 1.82) is 0 Å². The zero-order valence-corrected chi connectivity index (χ0v) is 19.9. The molecule has 8 nitrogen and oxygen atoms in total. The molecule has 3 aromatic carbocycles. The van der Waals surface area contributed by atoms with Crippen LogP contribution in [0.25, 0.3) is 0 Å². The van der Waals surface area contributed by atoms with Crippen molar-refractivity contribution in [3.05, 3.63) is 93.8 Å². The number of piperazine rings is 1. The molecule has 1 fully saturated rings. The standard InChI is InChI=1S/C27H27FN4O4/c1-36-22-9-6-20(7-10-22)30-12-13-31-25-11-8-21(32(34)35)14-19(25)15-23(26(31)17-30)27(33)29-16-18-4-2-3-5-24(18)28/h2-11,14,23,26H,12-13,15-17H2,1H3,(H,29,33)/t23-,26+/m1/s1. The second-order valence-corrected chi connectivity index (χ2v) is 9.09. The van der Waals surface area contributed by atoms with Crippen LogP contribution < -0.4 is 19.9 Å². The molecule has 1 amide bonds. The Morgan fingerprint density at radius 3 is 2.64 bits per heavy atom. The summed E-state index contributed by atoms with van der Waals surface area (Å²) < 4.78 is 19.4. The first kappa shape index (κ1) is 23.6. The number of carbonyl (C=O) groups is 1. The monoisotopic (exact) mass is 490 g/mol. The van der Waals surface area contributed by atoms with Crippen molar-refractivity contribution in [2.75, 3.05) is 36.5 Å². The number of nitro benzene ring substituents is 1. The van der Waals surface area contributed by atoms with E-state index in [9.17, 15) is 19.3 Å². The van der Waals surface area contributed by atoms with Crippen molar-refractivity contribution in [1.82, 2.24) is 5.32 Å². The number of non-ortho nitro benzene ring substituents is 1. The highest BCUT2D eigenvalue weighted by Crippen LogP contribution is 2.38. The number of nitro groups is 1. The summed E-state index contributed by atoms with van der Waals surface area (Å²) >= 11 is 0. The molecule has 3 aromatic rings. The Bertz CT molecular complexity index is 1280. The molecule has 2 aliphatic heterocycles. The van der Waals surface area contributed by atoms with E-state index in [1.165, 1.54) is 12.1 Å². The highest BCUT2D eigenvalue weighted by molar-refractivity contribution is 5.82. The van der Waals surface area contributed by atoms with Gasteiger partial charge >= 0.3 is 0 Å². The molecule has 0 aliphatic carbocycles. The van der Waals surface area contributed by atoms with Crippen molar-refractivity contribution in [2.24, 2.45) is 5.92 Å². The normalized spacial score (nSPS) is 18.7. The zero-order valence-electron chi connectivity index (χ0n) is 19.9. The highest BCUT2D eigenvalue weighted by Gasteiger charge is 2.42. The number of ether oxygens (including phenoxy) is 1. The molecule has 5 rings (SSSR count). The number of fused-ring (bicyclic) bond motifs is 3. The molecule has 2 atom stereocenters. The molecule has 0 saturated carbocycles. The molecule has 0 unspecified atom stereocenters. The van der Waals surface area contributed by atoms with E-state index in [0.717, 1.165) is 29.2 Å². The topological polar surface area (TPSA) is 87.9 Å². The fraction of sp³-hybridized carbons (Fsp3) is 0.296. The van der Waals surface area contributed by atoms with Crippen LogP contribution in [0, 0.1) is 21.8 Å². The number of rotatable bonds is 6. The van der Waals surface area contributed by atoms with Crippen LogP contribution >= 0.6 is 0 Å². The number of amides is 1. The minimum Gasteiger partial charge on any atom is -0.497 e. The van der Waals surface area contributed by atoms with E-state index >= 15 is 0 Å². The van der Waals surface area contributed by atoms with Gasteiger partial charge in [-0.3, -0.25) is 14.9 Å². The van der Waals surface area contributed by atoms with Gasteiger partial charge in [-0.25, -0.2) is 4.39 Å². The second kappa shape index (κ2) is 9.85. The summed E-state index contributed by atoms with van der Waals surface area (Å²) in [5.74, 6) is -0.238. The van der Waals surface area contributed by atoms with Gasteiger partial charge in [0.15, 0.2) is 0 Å². The van der Waals surface area contributed by atoms with Crippen molar-refractivity contribution >= 4 is 23.0 Å². The van der Waals surface area contributed by atoms with E-state index in [1.807, 2.05) is 24.3 Å². The molecule has 0 bridgehead atoms. The summed E-state index contributed by atoms with van der Waals surface area (Å²) in [7, 11) is 1.63. The van der Waals surface area contributed by atoms with Crippen LogP contribution in [0.2, 0.25) is 0 Å². The quantitative estimate of drug-likeness (QED) is 0.416. The average Bonchev–Trinajstić information content (AvgIpc) is 2.91. The smallest absolute Gasteiger partial charge is 0.269 e. The van der Waals surface area contributed by atoms with Crippen LogP contribution in [0.5, 0.6) is 5.75 Å². The SMILES string of the molecule is COc1ccc(N2CCN3c4ccc([N+](=O)[O-])cc4C[C@@H](C(=O)NCc4ccccc4F)[C@@H]3C2)cc1. The lowest BCUT2D eigenvalue weighted by atomic mass is 9.83. The van der Waals surface area contributed by atoms with Crippen molar-refractivity contribution in [3.8, 4) is 5.75 Å². The lowest BCUT2D eigenvalue weighted by molar-refractivity contribution is -0.384. The summed E-state index contributed by atoms with van der Waals surface area (Å²) in [4.78, 5) is 28.9. The van der Waals surface area contributed by atoms with Crippen LogP contribution in [0.4, 0.5) is 21.5 Å². The Balaban J connectivity index is 1.43. The molecule has 0 spiro atoms.